The van der Waals surface area contributed by atoms with Gasteiger partial charge < -0.3 is 10.1 Å². The summed E-state index contributed by atoms with van der Waals surface area (Å²) in [6.07, 6.45) is 3.30. The minimum absolute atomic E-state index is 0.160. The van der Waals surface area contributed by atoms with Gasteiger partial charge in [0.05, 0.1) is 6.61 Å². The molecule has 0 spiro atoms. The van der Waals surface area contributed by atoms with Crippen LogP contribution in [0, 0.1) is 20.8 Å². The average molecular weight is 388 g/mol. The predicted molar refractivity (Wildman–Crippen MR) is 104 cm³/mol. The van der Waals surface area contributed by atoms with Crippen molar-refractivity contribution in [1.82, 2.24) is 0 Å². The number of benzene rings is 2. The molecule has 0 bridgehead atoms. The summed E-state index contributed by atoms with van der Waals surface area (Å²) >= 11 is 3.44. The normalized spacial score (nSPS) is 10.9. The molecule has 0 aliphatic heterocycles. The van der Waals surface area contributed by atoms with Crippen molar-refractivity contribution in [2.45, 2.75) is 27.7 Å². The van der Waals surface area contributed by atoms with Crippen LogP contribution in [0.4, 0.5) is 5.69 Å². The van der Waals surface area contributed by atoms with Gasteiger partial charge in [-0.2, -0.15) is 0 Å². The standard InChI is InChI=1S/C20H22BrNO2/c1-5-24-18-8-7-17(21)12-16(18)6-9-19(23)22-20-14(3)10-13(2)11-15(20)4/h6-12H,5H2,1-4H3,(H,22,23)/b9-6+. The van der Waals surface area contributed by atoms with Crippen molar-refractivity contribution >= 4 is 33.6 Å². The molecule has 1 amide bonds. The van der Waals surface area contributed by atoms with E-state index in [0.29, 0.717) is 6.61 Å². The molecule has 0 fully saturated rings. The molecule has 0 unspecified atom stereocenters. The number of nitrogens with one attached hydrogen (secondary N) is 1. The lowest BCUT2D eigenvalue weighted by molar-refractivity contribution is -0.111. The zero-order valence-electron chi connectivity index (χ0n) is 14.4. The number of carbonyl (C=O) groups is 1. The molecule has 0 aromatic heterocycles. The molecule has 0 atom stereocenters. The van der Waals surface area contributed by atoms with E-state index in [4.69, 9.17) is 4.74 Å². The van der Waals surface area contributed by atoms with Crippen LogP contribution in [0.3, 0.4) is 0 Å². The van der Waals surface area contributed by atoms with Crippen LogP contribution in [0.5, 0.6) is 5.75 Å². The molecule has 1 N–H and O–H groups in total. The third-order valence-electron chi connectivity index (χ3n) is 3.61. The van der Waals surface area contributed by atoms with Gasteiger partial charge in [0.15, 0.2) is 0 Å². The Kier molecular flexibility index (Phi) is 6.21. The van der Waals surface area contributed by atoms with Gasteiger partial charge in [0, 0.05) is 21.8 Å². The SMILES string of the molecule is CCOc1ccc(Br)cc1/C=C/C(=O)Nc1c(C)cc(C)cc1C. The summed E-state index contributed by atoms with van der Waals surface area (Å²) < 4.78 is 6.53. The van der Waals surface area contributed by atoms with Gasteiger partial charge in [0.25, 0.3) is 0 Å². The van der Waals surface area contributed by atoms with Crippen LogP contribution < -0.4 is 10.1 Å². The van der Waals surface area contributed by atoms with E-state index < -0.39 is 0 Å². The predicted octanol–water partition coefficient (Wildman–Crippen LogP) is 5.42. The van der Waals surface area contributed by atoms with Crippen LogP contribution in [0.25, 0.3) is 6.08 Å². The highest BCUT2D eigenvalue weighted by Crippen LogP contribution is 2.25. The fourth-order valence-electron chi connectivity index (χ4n) is 2.64. The molecular formula is C20H22BrNO2. The summed E-state index contributed by atoms with van der Waals surface area (Å²) in [5, 5.41) is 2.96. The van der Waals surface area contributed by atoms with Gasteiger partial charge in [-0.25, -0.2) is 0 Å². The number of halogens is 1. The number of ether oxygens (including phenoxy) is 1. The molecule has 4 heteroatoms. The zero-order valence-corrected chi connectivity index (χ0v) is 16.0. The summed E-state index contributed by atoms with van der Waals surface area (Å²) in [6.45, 7) is 8.57. The van der Waals surface area contributed by atoms with Crippen molar-refractivity contribution in [3.8, 4) is 5.75 Å². The van der Waals surface area contributed by atoms with Crippen molar-refractivity contribution < 1.29 is 9.53 Å². The van der Waals surface area contributed by atoms with E-state index in [9.17, 15) is 4.79 Å². The summed E-state index contributed by atoms with van der Waals surface area (Å²) in [5.41, 5.74) is 5.04. The molecule has 2 aromatic rings. The lowest BCUT2D eigenvalue weighted by Crippen LogP contribution is -2.10. The Hall–Kier alpha value is -2.07. The van der Waals surface area contributed by atoms with Crippen LogP contribution in [0.1, 0.15) is 29.2 Å². The van der Waals surface area contributed by atoms with Gasteiger partial charge in [0.2, 0.25) is 5.91 Å². The number of hydrogen-bond acceptors (Lipinski definition) is 2. The first-order chi connectivity index (χ1) is 11.4. The number of hydrogen-bond donors (Lipinski definition) is 1. The van der Waals surface area contributed by atoms with Crippen LogP contribution in [0.2, 0.25) is 0 Å². The van der Waals surface area contributed by atoms with E-state index in [0.717, 1.165) is 32.6 Å². The molecule has 24 heavy (non-hydrogen) atoms. The zero-order chi connectivity index (χ0) is 17.7. The number of amides is 1. The van der Waals surface area contributed by atoms with Crippen molar-refractivity contribution in [3.05, 3.63) is 63.1 Å². The maximum absolute atomic E-state index is 12.3. The molecular weight excluding hydrogens is 366 g/mol. The van der Waals surface area contributed by atoms with Gasteiger partial charge in [-0.15, -0.1) is 0 Å². The fraction of sp³-hybridized carbons (Fsp3) is 0.250. The third kappa shape index (κ3) is 4.71. The molecule has 0 saturated heterocycles. The molecule has 0 aliphatic rings. The highest BCUT2D eigenvalue weighted by molar-refractivity contribution is 9.10. The first-order valence-corrected chi connectivity index (χ1v) is 8.69. The van der Waals surface area contributed by atoms with Gasteiger partial charge in [-0.05, 0) is 63.1 Å². The molecule has 0 aliphatic carbocycles. The summed E-state index contributed by atoms with van der Waals surface area (Å²) in [7, 11) is 0. The quantitative estimate of drug-likeness (QED) is 0.694. The topological polar surface area (TPSA) is 38.3 Å². The Labute approximate surface area is 151 Å². The van der Waals surface area contributed by atoms with Crippen molar-refractivity contribution in [2.75, 3.05) is 11.9 Å². The molecule has 3 nitrogen and oxygen atoms in total. The van der Waals surface area contributed by atoms with E-state index in [-0.39, 0.29) is 5.91 Å². The number of rotatable bonds is 5. The summed E-state index contributed by atoms with van der Waals surface area (Å²) in [4.78, 5) is 12.3. The lowest BCUT2D eigenvalue weighted by atomic mass is 10.1. The Balaban J connectivity index is 2.18. The van der Waals surface area contributed by atoms with Crippen LogP contribution in [0.15, 0.2) is 40.9 Å². The average Bonchev–Trinajstić information content (AvgIpc) is 2.51. The first-order valence-electron chi connectivity index (χ1n) is 7.90. The monoisotopic (exact) mass is 387 g/mol. The second kappa shape index (κ2) is 8.15. The highest BCUT2D eigenvalue weighted by Gasteiger charge is 2.07. The van der Waals surface area contributed by atoms with Crippen molar-refractivity contribution in [2.24, 2.45) is 0 Å². The molecule has 2 aromatic carbocycles. The minimum Gasteiger partial charge on any atom is -0.493 e. The van der Waals surface area contributed by atoms with Crippen LogP contribution in [-0.2, 0) is 4.79 Å². The largest absolute Gasteiger partial charge is 0.493 e. The molecule has 0 radical (unpaired) electrons. The Morgan fingerprint density at radius 2 is 1.83 bits per heavy atom. The molecule has 0 heterocycles. The first kappa shape index (κ1) is 18.3. The maximum Gasteiger partial charge on any atom is 0.248 e. The van der Waals surface area contributed by atoms with Gasteiger partial charge in [-0.3, -0.25) is 4.79 Å². The lowest BCUT2D eigenvalue weighted by Gasteiger charge is -2.11. The summed E-state index contributed by atoms with van der Waals surface area (Å²) in [6, 6.07) is 9.86. The van der Waals surface area contributed by atoms with E-state index in [1.165, 1.54) is 11.6 Å². The smallest absolute Gasteiger partial charge is 0.248 e. The van der Waals surface area contributed by atoms with Crippen LogP contribution in [-0.4, -0.2) is 12.5 Å². The minimum atomic E-state index is -0.160. The molecule has 126 valence electrons. The number of anilines is 1. The summed E-state index contributed by atoms with van der Waals surface area (Å²) in [5.74, 6) is 0.597. The van der Waals surface area contributed by atoms with Crippen LogP contribution >= 0.6 is 15.9 Å². The third-order valence-corrected chi connectivity index (χ3v) is 4.10. The highest BCUT2D eigenvalue weighted by atomic mass is 79.9. The molecule has 2 rings (SSSR count). The second-order valence-corrected chi connectivity index (χ2v) is 6.63. The second-order valence-electron chi connectivity index (χ2n) is 5.71. The van der Waals surface area contributed by atoms with E-state index in [2.05, 4.69) is 33.4 Å². The van der Waals surface area contributed by atoms with E-state index in [1.807, 2.05) is 45.9 Å². The number of aryl methyl sites for hydroxylation is 3. The van der Waals surface area contributed by atoms with Crippen molar-refractivity contribution in [1.29, 1.82) is 0 Å². The van der Waals surface area contributed by atoms with E-state index in [1.54, 1.807) is 6.08 Å². The fourth-order valence-corrected chi connectivity index (χ4v) is 3.02. The van der Waals surface area contributed by atoms with Gasteiger partial charge in [-0.1, -0.05) is 33.6 Å². The Bertz CT molecular complexity index is 758. The van der Waals surface area contributed by atoms with Gasteiger partial charge >= 0.3 is 0 Å². The maximum atomic E-state index is 12.3. The molecule has 0 saturated carbocycles. The Morgan fingerprint density at radius 1 is 1.17 bits per heavy atom. The van der Waals surface area contributed by atoms with Crippen molar-refractivity contribution in [3.63, 3.8) is 0 Å². The number of carbonyl (C=O) groups excluding carboxylic acids is 1. The Morgan fingerprint density at radius 3 is 2.46 bits per heavy atom. The van der Waals surface area contributed by atoms with E-state index >= 15 is 0 Å². The van der Waals surface area contributed by atoms with Gasteiger partial charge in [0.1, 0.15) is 5.75 Å².